The largest absolute Gasteiger partial charge is 0.392 e. The summed E-state index contributed by atoms with van der Waals surface area (Å²) in [6.07, 6.45) is 12.9. The Morgan fingerprint density at radius 2 is 0.910 bits per heavy atom. The van der Waals surface area contributed by atoms with E-state index in [0.717, 1.165) is 56.5 Å². The number of dihydropyridines is 1. The normalized spacial score (nSPS) is 12.5. The number of allylic oxidation sites excluding steroid dienone is 1. The molecule has 0 bridgehead atoms. The molecule has 0 aliphatic carbocycles. The lowest BCUT2D eigenvalue weighted by molar-refractivity contribution is 0.272. The molecule has 0 atom stereocenters. The van der Waals surface area contributed by atoms with Crippen LogP contribution >= 0.6 is 0 Å². The monoisotopic (exact) mass is 1510 g/mol. The van der Waals surface area contributed by atoms with Crippen LogP contribution in [0.3, 0.4) is 0 Å². The van der Waals surface area contributed by atoms with Crippen molar-refractivity contribution >= 4 is 27.4 Å². The summed E-state index contributed by atoms with van der Waals surface area (Å²) < 4.78 is 7.28. The van der Waals surface area contributed by atoms with Crippen LogP contribution in [0, 0.1) is 33.1 Å². The number of nitrogens with zero attached hydrogens (tertiary/aromatic N) is 7. The van der Waals surface area contributed by atoms with Gasteiger partial charge in [-0.05, 0) is 180 Å². The number of aliphatic hydroxyl groups excluding tert-OH is 3. The van der Waals surface area contributed by atoms with Crippen LogP contribution in [0.5, 0.6) is 0 Å². The van der Waals surface area contributed by atoms with E-state index in [1.54, 1.807) is 6.20 Å². The molecule has 1 aliphatic heterocycles. The first-order chi connectivity index (χ1) is 51.0. The van der Waals surface area contributed by atoms with Gasteiger partial charge in [0, 0.05) is 91.2 Å². The van der Waals surface area contributed by atoms with Crippen LogP contribution in [0.4, 0.5) is 5.69 Å². The average Bonchev–Trinajstić information content (AvgIpc) is 1.65. The van der Waals surface area contributed by atoms with Gasteiger partial charge in [-0.15, -0.1) is 0 Å². The van der Waals surface area contributed by atoms with Crippen molar-refractivity contribution in [3.8, 4) is 0 Å². The highest BCUT2D eigenvalue weighted by Crippen LogP contribution is 2.36. The molecule has 5 aromatic carbocycles. The van der Waals surface area contributed by atoms with Crippen molar-refractivity contribution < 1.29 is 19.8 Å². The zero-order chi connectivity index (χ0) is 84.6. The molecule has 12 nitrogen and oxygen atoms in total. The minimum Gasteiger partial charge on any atom is -0.392 e. The van der Waals surface area contributed by atoms with Gasteiger partial charge in [0.15, 0.2) is 0 Å². The molecule has 11 rings (SSSR count). The summed E-state index contributed by atoms with van der Waals surface area (Å²) >= 11 is 0. The van der Waals surface area contributed by atoms with Crippen LogP contribution in [0.2, 0.25) is 0 Å². The highest BCUT2D eigenvalue weighted by molar-refractivity contribution is 5.85. The van der Waals surface area contributed by atoms with Gasteiger partial charge in [0.1, 0.15) is 12.1 Å². The molecule has 0 amide bonds. The molecule has 0 fully saturated rings. The van der Waals surface area contributed by atoms with Crippen molar-refractivity contribution in [2.75, 3.05) is 25.6 Å². The summed E-state index contributed by atoms with van der Waals surface area (Å²) in [7, 11) is 6.23. The van der Waals surface area contributed by atoms with Gasteiger partial charge in [0.25, 0.3) is 0 Å². The molecule has 0 spiro atoms. The lowest BCUT2D eigenvalue weighted by Crippen LogP contribution is -2.23. The fraction of sp³-hybridized carbons (Fsp3) is 0.465. The van der Waals surface area contributed by atoms with Crippen LogP contribution in [0.15, 0.2) is 211 Å². The highest BCUT2D eigenvalue weighted by atomic mass is 16.5. The Kier molecular flexibility index (Phi) is 35.7. The smallest absolute Gasteiger partial charge is 0.137 e. The second-order valence-electron chi connectivity index (χ2n) is 38.3. The minimum atomic E-state index is -0.0179. The summed E-state index contributed by atoms with van der Waals surface area (Å²) in [6, 6.07) is 49.2. The maximum absolute atomic E-state index is 9.16. The fourth-order valence-electron chi connectivity index (χ4n) is 13.2. The second-order valence-corrected chi connectivity index (χ2v) is 38.3. The Labute approximate surface area is 672 Å². The molecule has 10 aromatic rings. The molecular weight excluding hydrogens is 1370 g/mol. The summed E-state index contributed by atoms with van der Waals surface area (Å²) in [5.41, 5.74) is 22.1. The van der Waals surface area contributed by atoms with Crippen molar-refractivity contribution in [2.24, 2.45) is 12.5 Å². The van der Waals surface area contributed by atoms with Gasteiger partial charge >= 0.3 is 0 Å². The number of para-hydroxylation sites is 1. The number of rotatable bonds is 4. The van der Waals surface area contributed by atoms with E-state index in [1.165, 1.54) is 72.6 Å². The van der Waals surface area contributed by atoms with E-state index < -0.39 is 0 Å². The topological polar surface area (TPSA) is 158 Å². The maximum atomic E-state index is 9.16. The van der Waals surface area contributed by atoms with Gasteiger partial charge in [0.2, 0.25) is 0 Å². The number of pyridine rings is 2. The first kappa shape index (κ1) is 96.4. The highest BCUT2D eigenvalue weighted by Gasteiger charge is 2.27. The number of hydrogen-bond acceptors (Lipinski definition) is 11. The molecule has 111 heavy (non-hydrogen) atoms. The second kappa shape index (κ2) is 41.1. The van der Waals surface area contributed by atoms with Gasteiger partial charge in [-0.3, -0.25) is 9.97 Å². The molecule has 1 aliphatic rings. The summed E-state index contributed by atoms with van der Waals surface area (Å²) in [4.78, 5) is 18.4. The number of anilines is 1. The van der Waals surface area contributed by atoms with Crippen molar-refractivity contribution in [1.82, 2.24) is 35.0 Å². The molecule has 12 heteroatoms. The molecule has 0 unspecified atom stereocenters. The van der Waals surface area contributed by atoms with Gasteiger partial charge in [-0.2, -0.15) is 0 Å². The Hall–Kier alpha value is -8.81. The van der Waals surface area contributed by atoms with Crippen molar-refractivity contribution in [3.63, 3.8) is 0 Å². The van der Waals surface area contributed by atoms with E-state index in [1.807, 2.05) is 51.5 Å². The first-order valence-corrected chi connectivity index (χ1v) is 39.2. The number of aromatic nitrogens is 6. The first-order valence-electron chi connectivity index (χ1n) is 39.2. The van der Waals surface area contributed by atoms with Crippen LogP contribution in [-0.2, 0) is 63.6 Å². The number of fused-ring (bicyclic) bond motifs is 2. The van der Waals surface area contributed by atoms with Gasteiger partial charge in [-0.25, -0.2) is 9.97 Å². The van der Waals surface area contributed by atoms with E-state index in [0.29, 0.717) is 5.41 Å². The Balaban J connectivity index is 0.000000324. The van der Waals surface area contributed by atoms with Crippen LogP contribution < -0.4 is 10.2 Å². The summed E-state index contributed by atoms with van der Waals surface area (Å²) in [5, 5.41) is 38.4. The number of aliphatic hydroxyl groups is 3. The van der Waals surface area contributed by atoms with Crippen molar-refractivity contribution in [3.05, 3.63) is 285 Å². The number of hydrogen-bond donors (Lipinski definition) is 4. The SMILES string of the molecule is C=C1NC=CC(CO)=C1C(C)(C)C.CC(C)(C)c1ccc2ccccc2c1.CC(C)(C)c1ccccc1.CC(C)(C)c1ccncc1.CN(C)c1ccc(C(C)(C)C)cc1.Cc1ccnc(CO)c1C(C)(C)C.Cc1ncnc(CO)c1C(C)(C)C.Cc1noc(C)c1C(C)(C)C.Cn1cc(C(C)(C)C)c2ccccc21. The van der Waals surface area contributed by atoms with Crippen molar-refractivity contribution in [1.29, 1.82) is 0 Å². The van der Waals surface area contributed by atoms with E-state index >= 15 is 0 Å². The van der Waals surface area contributed by atoms with Gasteiger partial charge < -0.3 is 34.6 Å². The third-order valence-corrected chi connectivity index (χ3v) is 18.8. The Bertz CT molecular complexity index is 4400. The molecule has 0 radical (unpaired) electrons. The molecule has 4 N–H and O–H groups in total. The number of nitrogens with one attached hydrogen (secondary N) is 1. The van der Waals surface area contributed by atoms with Gasteiger partial charge in [0.05, 0.1) is 36.9 Å². The van der Waals surface area contributed by atoms with E-state index in [2.05, 4.69) is 401 Å². The van der Waals surface area contributed by atoms with Crippen LogP contribution in [-0.4, -0.2) is 65.7 Å². The van der Waals surface area contributed by atoms with Crippen molar-refractivity contribution in [2.45, 2.75) is 271 Å². The maximum Gasteiger partial charge on any atom is 0.137 e. The summed E-state index contributed by atoms with van der Waals surface area (Å²) in [5.74, 6) is 0.940. The molecule has 604 valence electrons. The predicted octanol–water partition coefficient (Wildman–Crippen LogP) is 24.3. The lowest BCUT2D eigenvalue weighted by atomic mass is 9.80. The summed E-state index contributed by atoms with van der Waals surface area (Å²) in [6.45, 7) is 71.0. The van der Waals surface area contributed by atoms with Gasteiger partial charge in [-0.1, -0.05) is 302 Å². The quantitative estimate of drug-likeness (QED) is 0.133. The molecule has 0 saturated heterocycles. The minimum absolute atomic E-state index is 0.0105. The van der Waals surface area contributed by atoms with E-state index in [-0.39, 0.29) is 63.1 Å². The van der Waals surface area contributed by atoms with Crippen LogP contribution in [0.1, 0.15) is 266 Å². The zero-order valence-corrected chi connectivity index (χ0v) is 75.0. The Morgan fingerprint density at radius 3 is 1.32 bits per heavy atom. The molecule has 6 heterocycles. The average molecular weight is 1510 g/mol. The Morgan fingerprint density at radius 1 is 0.441 bits per heavy atom. The number of aryl methyl sites for hydroxylation is 5. The van der Waals surface area contributed by atoms with E-state index in [4.69, 9.17) is 19.8 Å². The molecule has 5 aromatic heterocycles. The predicted molar refractivity (Wildman–Crippen MR) is 476 cm³/mol. The third kappa shape index (κ3) is 31.0. The lowest BCUT2D eigenvalue weighted by Gasteiger charge is -2.29. The number of benzene rings is 5. The fourth-order valence-corrected chi connectivity index (χ4v) is 13.2. The van der Waals surface area contributed by atoms with E-state index in [9.17, 15) is 0 Å². The third-order valence-electron chi connectivity index (χ3n) is 18.8. The molecule has 0 saturated carbocycles. The standard InChI is InChI=1S/C14H16.C13H17N.C12H19N.2C11H17NO.C10H16N2O.C10H14.C9H15NO.C9H13N/c1-14(2,3)13-9-8-11-6-4-5-7-12(11)10-13;1-13(2,3)11-9-14(4)12-8-6-5-7-10(11)12;1-12(2,3)10-6-8-11(9-7-10)13(4)5;1-8-10(11(2,3)4)9(7-13)5-6-12-8;1-8-5-6-12-9(7-13)10(8)11(2,3)4;1-7-9(10(2,3)4)8(5-13)12-6-11-7;1-10(2,3)9-7-5-4-6-8-9;1-6-8(9(3,4)5)7(2)11-10-6;1-9(2,3)8-4-6-10-7-5-8/h4-10H,1-3H3;5-9H,1-4H3;6-9H,1-5H3;5-6,12-13H,1,7H2,2-4H3;5-6,13H,7H2,1-4H3;6,13H,5H2,1-4H3;4-8H,1-3H3;1-5H3;4-7H,1-3H3. The van der Waals surface area contributed by atoms with Crippen LogP contribution in [0.25, 0.3) is 21.7 Å². The zero-order valence-electron chi connectivity index (χ0n) is 75.0. The molecular formula is C99H144N8O4.